The number of hydrogen-bond acceptors (Lipinski definition) is 3. The summed E-state index contributed by atoms with van der Waals surface area (Å²) in [5.41, 5.74) is 5.33. The van der Waals surface area contributed by atoms with Crippen molar-refractivity contribution in [3.05, 3.63) is 29.3 Å². The molecule has 1 aromatic carbocycles. The molecule has 0 saturated heterocycles. The summed E-state index contributed by atoms with van der Waals surface area (Å²) in [6.45, 7) is 0.225. The SMILES string of the molecule is COc1c(F)cc(F)cc1[C@H](O)CCN. The zero-order valence-electron chi connectivity index (χ0n) is 8.34. The quantitative estimate of drug-likeness (QED) is 0.800. The Hall–Kier alpha value is -1.20. The molecular formula is C10H13F2NO2. The number of aliphatic hydroxyl groups is 1. The summed E-state index contributed by atoms with van der Waals surface area (Å²) >= 11 is 0. The van der Waals surface area contributed by atoms with Gasteiger partial charge in [0.2, 0.25) is 0 Å². The minimum absolute atomic E-state index is 0.0838. The molecule has 0 spiro atoms. The third-order valence-corrected chi connectivity index (χ3v) is 2.04. The molecule has 0 aromatic heterocycles. The van der Waals surface area contributed by atoms with Crippen LogP contribution < -0.4 is 10.5 Å². The summed E-state index contributed by atoms with van der Waals surface area (Å²) in [7, 11) is 1.26. The lowest BCUT2D eigenvalue weighted by Crippen LogP contribution is -2.09. The molecule has 0 aliphatic carbocycles. The Morgan fingerprint density at radius 2 is 2.13 bits per heavy atom. The molecule has 15 heavy (non-hydrogen) atoms. The van der Waals surface area contributed by atoms with Gasteiger partial charge in [-0.15, -0.1) is 0 Å². The minimum Gasteiger partial charge on any atom is -0.493 e. The van der Waals surface area contributed by atoms with Crippen LogP contribution in [0.3, 0.4) is 0 Å². The maximum Gasteiger partial charge on any atom is 0.168 e. The molecule has 0 heterocycles. The summed E-state index contributed by atoms with van der Waals surface area (Å²) < 4.78 is 30.9. The van der Waals surface area contributed by atoms with E-state index in [-0.39, 0.29) is 24.3 Å². The van der Waals surface area contributed by atoms with Gasteiger partial charge in [0.25, 0.3) is 0 Å². The fourth-order valence-electron chi connectivity index (χ4n) is 1.36. The Morgan fingerprint density at radius 3 is 2.67 bits per heavy atom. The van der Waals surface area contributed by atoms with Gasteiger partial charge in [-0.1, -0.05) is 0 Å². The van der Waals surface area contributed by atoms with Crippen LogP contribution in [0.15, 0.2) is 12.1 Å². The molecule has 5 heteroatoms. The number of benzene rings is 1. The van der Waals surface area contributed by atoms with Crippen molar-refractivity contribution in [3.63, 3.8) is 0 Å². The van der Waals surface area contributed by atoms with Gasteiger partial charge in [-0.2, -0.15) is 0 Å². The maximum absolute atomic E-state index is 13.2. The molecule has 1 rings (SSSR count). The highest BCUT2D eigenvalue weighted by Crippen LogP contribution is 2.30. The van der Waals surface area contributed by atoms with Crippen molar-refractivity contribution >= 4 is 0 Å². The van der Waals surface area contributed by atoms with Gasteiger partial charge in [-0.3, -0.25) is 0 Å². The van der Waals surface area contributed by atoms with E-state index in [0.29, 0.717) is 6.07 Å². The standard InChI is InChI=1S/C10H13F2NO2/c1-15-10-7(9(14)2-3-13)4-6(11)5-8(10)12/h4-5,9,14H,2-3,13H2,1H3/t9-/m1/s1. The monoisotopic (exact) mass is 217 g/mol. The van der Waals surface area contributed by atoms with Crippen molar-refractivity contribution in [1.29, 1.82) is 0 Å². The summed E-state index contributed by atoms with van der Waals surface area (Å²) in [5.74, 6) is -1.72. The van der Waals surface area contributed by atoms with Crippen molar-refractivity contribution in [1.82, 2.24) is 0 Å². The van der Waals surface area contributed by atoms with Crippen LogP contribution in [0.2, 0.25) is 0 Å². The lowest BCUT2D eigenvalue weighted by molar-refractivity contribution is 0.164. The Balaban J connectivity index is 3.13. The number of ether oxygens (including phenoxy) is 1. The van der Waals surface area contributed by atoms with Crippen LogP contribution in [0.5, 0.6) is 5.75 Å². The molecule has 0 amide bonds. The minimum atomic E-state index is -1.02. The Bertz CT molecular complexity index is 344. The van der Waals surface area contributed by atoms with Crippen molar-refractivity contribution in [2.45, 2.75) is 12.5 Å². The zero-order chi connectivity index (χ0) is 11.4. The van der Waals surface area contributed by atoms with Gasteiger partial charge in [0.15, 0.2) is 11.6 Å². The van der Waals surface area contributed by atoms with Crippen LogP contribution in [-0.4, -0.2) is 18.8 Å². The second-order valence-corrected chi connectivity index (χ2v) is 3.10. The lowest BCUT2D eigenvalue weighted by Gasteiger charge is -2.14. The molecular weight excluding hydrogens is 204 g/mol. The lowest BCUT2D eigenvalue weighted by atomic mass is 10.0. The highest BCUT2D eigenvalue weighted by atomic mass is 19.1. The van der Waals surface area contributed by atoms with Crippen molar-refractivity contribution < 1.29 is 18.6 Å². The van der Waals surface area contributed by atoms with E-state index in [2.05, 4.69) is 0 Å². The van der Waals surface area contributed by atoms with E-state index >= 15 is 0 Å². The molecule has 1 aromatic rings. The first-order valence-corrected chi connectivity index (χ1v) is 4.51. The first-order valence-electron chi connectivity index (χ1n) is 4.51. The maximum atomic E-state index is 13.2. The van der Waals surface area contributed by atoms with Gasteiger partial charge in [0.05, 0.1) is 13.2 Å². The summed E-state index contributed by atoms with van der Waals surface area (Å²) in [4.78, 5) is 0. The smallest absolute Gasteiger partial charge is 0.168 e. The van der Waals surface area contributed by atoms with Gasteiger partial charge < -0.3 is 15.6 Å². The first kappa shape index (κ1) is 11.9. The topological polar surface area (TPSA) is 55.5 Å². The highest BCUT2D eigenvalue weighted by Gasteiger charge is 2.17. The number of methoxy groups -OCH3 is 1. The van der Waals surface area contributed by atoms with E-state index in [1.165, 1.54) is 7.11 Å². The third-order valence-electron chi connectivity index (χ3n) is 2.04. The van der Waals surface area contributed by atoms with Gasteiger partial charge in [0.1, 0.15) is 5.82 Å². The molecule has 0 fully saturated rings. The number of rotatable bonds is 4. The third kappa shape index (κ3) is 2.64. The largest absolute Gasteiger partial charge is 0.493 e. The molecule has 3 N–H and O–H groups in total. The molecule has 0 unspecified atom stereocenters. The average molecular weight is 217 g/mol. The number of nitrogens with two attached hydrogens (primary N) is 1. The molecule has 0 saturated carbocycles. The van der Waals surface area contributed by atoms with Crippen LogP contribution in [0.4, 0.5) is 8.78 Å². The molecule has 0 radical (unpaired) electrons. The normalized spacial score (nSPS) is 12.6. The molecule has 0 aliphatic heterocycles. The van der Waals surface area contributed by atoms with Gasteiger partial charge in [0, 0.05) is 11.6 Å². The van der Waals surface area contributed by atoms with E-state index in [9.17, 15) is 13.9 Å². The van der Waals surface area contributed by atoms with Gasteiger partial charge in [-0.25, -0.2) is 8.78 Å². The number of halogens is 2. The first-order chi connectivity index (χ1) is 7.10. The van der Waals surface area contributed by atoms with Crippen LogP contribution in [0.25, 0.3) is 0 Å². The molecule has 1 atom stereocenters. The molecule has 0 aliphatic rings. The second kappa shape index (κ2) is 5.04. The summed E-state index contributed by atoms with van der Waals surface area (Å²) in [6, 6.07) is 1.75. The fourth-order valence-corrected chi connectivity index (χ4v) is 1.36. The van der Waals surface area contributed by atoms with Crippen LogP contribution in [0.1, 0.15) is 18.1 Å². The van der Waals surface area contributed by atoms with Crippen molar-refractivity contribution in [3.8, 4) is 5.75 Å². The van der Waals surface area contributed by atoms with E-state index < -0.39 is 17.7 Å². The molecule has 84 valence electrons. The average Bonchev–Trinajstić information content (AvgIpc) is 2.17. The van der Waals surface area contributed by atoms with Gasteiger partial charge in [-0.05, 0) is 19.0 Å². The summed E-state index contributed by atoms with van der Waals surface area (Å²) in [6.07, 6.45) is -0.797. The van der Waals surface area contributed by atoms with Crippen molar-refractivity contribution in [2.24, 2.45) is 5.73 Å². The molecule has 0 bridgehead atoms. The van der Waals surface area contributed by atoms with Crippen LogP contribution in [-0.2, 0) is 0 Å². The van der Waals surface area contributed by atoms with E-state index in [1.54, 1.807) is 0 Å². The van der Waals surface area contributed by atoms with Gasteiger partial charge >= 0.3 is 0 Å². The Labute approximate surface area is 86.5 Å². The van der Waals surface area contributed by atoms with Crippen molar-refractivity contribution in [2.75, 3.05) is 13.7 Å². The summed E-state index contributed by atoms with van der Waals surface area (Å²) in [5, 5.41) is 9.59. The van der Waals surface area contributed by atoms with Crippen LogP contribution >= 0.6 is 0 Å². The van der Waals surface area contributed by atoms with E-state index in [1.807, 2.05) is 0 Å². The number of aliphatic hydroxyl groups excluding tert-OH is 1. The van der Waals surface area contributed by atoms with E-state index in [0.717, 1.165) is 6.07 Å². The highest BCUT2D eigenvalue weighted by molar-refractivity contribution is 5.37. The van der Waals surface area contributed by atoms with Crippen LogP contribution in [0, 0.1) is 11.6 Å². The Kier molecular flexibility index (Phi) is 3.99. The number of hydrogen-bond donors (Lipinski definition) is 2. The van der Waals surface area contributed by atoms with E-state index in [4.69, 9.17) is 10.5 Å². The zero-order valence-corrected chi connectivity index (χ0v) is 8.34. The molecule has 3 nitrogen and oxygen atoms in total. The Morgan fingerprint density at radius 1 is 1.47 bits per heavy atom. The second-order valence-electron chi connectivity index (χ2n) is 3.10. The predicted molar refractivity (Wildman–Crippen MR) is 51.5 cm³/mol. The fraction of sp³-hybridized carbons (Fsp3) is 0.400. The predicted octanol–water partition coefficient (Wildman–Crippen LogP) is 1.36.